The molecule has 1 aliphatic rings. The number of anilines is 1. The largest absolute Gasteiger partial charge is 0.326 e. The zero-order valence-corrected chi connectivity index (χ0v) is 15.7. The second-order valence-corrected chi connectivity index (χ2v) is 9.23. The molecule has 0 bridgehead atoms. The van der Waals surface area contributed by atoms with E-state index in [-0.39, 0.29) is 17.2 Å². The standard InChI is InChI=1S/C21H33NO/c1-20(2,3)16-9-7-15(8-10-16)19(23)22-18-13-11-17(12-14-18)21(4,5)6/h11-16H,7-10H2,1-6H3,(H,22,23). The summed E-state index contributed by atoms with van der Waals surface area (Å²) in [4.78, 5) is 12.5. The van der Waals surface area contributed by atoms with E-state index in [1.54, 1.807) is 0 Å². The molecule has 1 aliphatic carbocycles. The summed E-state index contributed by atoms with van der Waals surface area (Å²) in [5, 5.41) is 3.10. The number of hydrogen-bond acceptors (Lipinski definition) is 1. The molecule has 2 rings (SSSR count). The Labute approximate surface area is 142 Å². The van der Waals surface area contributed by atoms with Gasteiger partial charge in [0.25, 0.3) is 0 Å². The summed E-state index contributed by atoms with van der Waals surface area (Å²) in [6.07, 6.45) is 4.39. The van der Waals surface area contributed by atoms with Crippen molar-refractivity contribution in [2.45, 2.75) is 72.6 Å². The topological polar surface area (TPSA) is 29.1 Å². The Morgan fingerprint density at radius 3 is 1.87 bits per heavy atom. The van der Waals surface area contributed by atoms with E-state index in [1.807, 2.05) is 12.1 Å². The lowest BCUT2D eigenvalue weighted by molar-refractivity contribution is -0.121. The molecule has 0 aliphatic heterocycles. The van der Waals surface area contributed by atoms with E-state index >= 15 is 0 Å². The van der Waals surface area contributed by atoms with Crippen LogP contribution in [-0.2, 0) is 10.2 Å². The molecule has 0 unspecified atom stereocenters. The van der Waals surface area contributed by atoms with Gasteiger partial charge in [0, 0.05) is 11.6 Å². The number of carbonyl (C=O) groups excluding carboxylic acids is 1. The van der Waals surface area contributed by atoms with Crippen LogP contribution in [-0.4, -0.2) is 5.91 Å². The molecule has 0 atom stereocenters. The van der Waals surface area contributed by atoms with Gasteiger partial charge >= 0.3 is 0 Å². The third kappa shape index (κ3) is 4.83. The van der Waals surface area contributed by atoms with E-state index in [9.17, 15) is 4.79 Å². The average Bonchev–Trinajstić information content (AvgIpc) is 2.46. The summed E-state index contributed by atoms with van der Waals surface area (Å²) >= 11 is 0. The van der Waals surface area contributed by atoms with Crippen molar-refractivity contribution >= 4 is 11.6 Å². The zero-order chi connectivity index (χ0) is 17.3. The van der Waals surface area contributed by atoms with Gasteiger partial charge in [-0.1, -0.05) is 53.7 Å². The van der Waals surface area contributed by atoms with Gasteiger partial charge in [-0.15, -0.1) is 0 Å². The molecule has 1 aromatic carbocycles. The Kier molecular flexibility index (Phi) is 5.23. The molecule has 0 heterocycles. The molecule has 2 nitrogen and oxygen atoms in total. The molecule has 0 saturated heterocycles. The van der Waals surface area contributed by atoms with Crippen LogP contribution in [0.25, 0.3) is 0 Å². The summed E-state index contributed by atoms with van der Waals surface area (Å²) in [5.74, 6) is 1.12. The number of rotatable bonds is 2. The van der Waals surface area contributed by atoms with Crippen molar-refractivity contribution in [3.63, 3.8) is 0 Å². The van der Waals surface area contributed by atoms with Crippen LogP contribution in [0, 0.1) is 17.3 Å². The first-order valence-electron chi connectivity index (χ1n) is 8.99. The molecule has 1 saturated carbocycles. The van der Waals surface area contributed by atoms with E-state index in [0.29, 0.717) is 5.41 Å². The highest BCUT2D eigenvalue weighted by atomic mass is 16.1. The summed E-state index contributed by atoms with van der Waals surface area (Å²) in [6, 6.07) is 8.29. The van der Waals surface area contributed by atoms with Crippen molar-refractivity contribution in [3.05, 3.63) is 29.8 Å². The van der Waals surface area contributed by atoms with Gasteiger partial charge in [-0.25, -0.2) is 0 Å². The second-order valence-electron chi connectivity index (χ2n) is 9.23. The first-order valence-corrected chi connectivity index (χ1v) is 8.99. The fourth-order valence-electron chi connectivity index (χ4n) is 3.52. The average molecular weight is 316 g/mol. The lowest BCUT2D eigenvalue weighted by Gasteiger charge is -2.36. The quantitative estimate of drug-likeness (QED) is 0.737. The van der Waals surface area contributed by atoms with Crippen molar-refractivity contribution in [2.75, 3.05) is 5.32 Å². The molecule has 23 heavy (non-hydrogen) atoms. The highest BCUT2D eigenvalue weighted by Crippen LogP contribution is 2.40. The minimum atomic E-state index is 0.147. The molecule has 1 N–H and O–H groups in total. The Morgan fingerprint density at radius 1 is 0.913 bits per heavy atom. The number of hydrogen-bond donors (Lipinski definition) is 1. The zero-order valence-electron chi connectivity index (χ0n) is 15.7. The lowest BCUT2D eigenvalue weighted by atomic mass is 9.69. The van der Waals surface area contributed by atoms with Crippen molar-refractivity contribution < 1.29 is 4.79 Å². The molecule has 0 radical (unpaired) electrons. The molecule has 2 heteroatoms. The molecule has 1 aromatic rings. The van der Waals surface area contributed by atoms with Crippen LogP contribution in [0.2, 0.25) is 0 Å². The van der Waals surface area contributed by atoms with E-state index in [1.165, 1.54) is 18.4 Å². The minimum Gasteiger partial charge on any atom is -0.326 e. The molecule has 0 aromatic heterocycles. The Bertz CT molecular complexity index is 522. The van der Waals surface area contributed by atoms with Crippen LogP contribution in [0.4, 0.5) is 5.69 Å². The monoisotopic (exact) mass is 315 g/mol. The van der Waals surface area contributed by atoms with Gasteiger partial charge in [-0.3, -0.25) is 4.79 Å². The van der Waals surface area contributed by atoms with Gasteiger partial charge in [-0.2, -0.15) is 0 Å². The number of carbonyl (C=O) groups is 1. The van der Waals surface area contributed by atoms with Crippen molar-refractivity contribution in [3.8, 4) is 0 Å². The van der Waals surface area contributed by atoms with Gasteiger partial charge in [0.15, 0.2) is 0 Å². The van der Waals surface area contributed by atoms with Crippen LogP contribution in [0.1, 0.15) is 72.8 Å². The predicted molar refractivity (Wildman–Crippen MR) is 98.7 cm³/mol. The van der Waals surface area contributed by atoms with Crippen molar-refractivity contribution in [2.24, 2.45) is 17.3 Å². The number of amides is 1. The van der Waals surface area contributed by atoms with Crippen LogP contribution >= 0.6 is 0 Å². The maximum absolute atomic E-state index is 12.5. The summed E-state index contributed by atoms with van der Waals surface area (Å²) in [5.41, 5.74) is 2.72. The van der Waals surface area contributed by atoms with Crippen LogP contribution in [0.15, 0.2) is 24.3 Å². The highest BCUT2D eigenvalue weighted by molar-refractivity contribution is 5.92. The highest BCUT2D eigenvalue weighted by Gasteiger charge is 2.32. The van der Waals surface area contributed by atoms with Gasteiger partial charge in [0.2, 0.25) is 5.91 Å². The summed E-state index contributed by atoms with van der Waals surface area (Å²) in [6.45, 7) is 13.6. The fourth-order valence-corrected chi connectivity index (χ4v) is 3.52. The third-order valence-electron chi connectivity index (χ3n) is 5.34. The maximum Gasteiger partial charge on any atom is 0.227 e. The SMILES string of the molecule is CC(C)(C)c1ccc(NC(=O)C2CCC(C(C)(C)C)CC2)cc1. The predicted octanol–water partition coefficient (Wildman–Crippen LogP) is 5.78. The van der Waals surface area contributed by atoms with Gasteiger partial charge in [-0.05, 0) is 60.1 Å². The van der Waals surface area contributed by atoms with Crippen LogP contribution < -0.4 is 5.32 Å². The number of benzene rings is 1. The normalized spacial score (nSPS) is 22.7. The second kappa shape index (κ2) is 6.67. The van der Waals surface area contributed by atoms with Gasteiger partial charge < -0.3 is 5.32 Å². The van der Waals surface area contributed by atoms with Crippen molar-refractivity contribution in [1.82, 2.24) is 0 Å². The lowest BCUT2D eigenvalue weighted by Crippen LogP contribution is -2.31. The molecule has 1 amide bonds. The third-order valence-corrected chi connectivity index (χ3v) is 5.34. The number of nitrogens with one attached hydrogen (secondary N) is 1. The summed E-state index contributed by atoms with van der Waals surface area (Å²) in [7, 11) is 0. The molecule has 128 valence electrons. The minimum absolute atomic E-state index is 0.147. The van der Waals surface area contributed by atoms with E-state index in [4.69, 9.17) is 0 Å². The smallest absolute Gasteiger partial charge is 0.227 e. The molecule has 0 spiro atoms. The van der Waals surface area contributed by atoms with E-state index < -0.39 is 0 Å². The first kappa shape index (κ1) is 18.0. The Balaban J connectivity index is 1.91. The molecule has 1 fully saturated rings. The van der Waals surface area contributed by atoms with E-state index in [2.05, 4.69) is 59.0 Å². The van der Waals surface area contributed by atoms with Gasteiger partial charge in [0.05, 0.1) is 0 Å². The summed E-state index contributed by atoms with van der Waals surface area (Å²) < 4.78 is 0. The fraction of sp³-hybridized carbons (Fsp3) is 0.667. The molecular formula is C21H33NO. The first-order chi connectivity index (χ1) is 10.6. The Hall–Kier alpha value is -1.31. The maximum atomic E-state index is 12.5. The van der Waals surface area contributed by atoms with Crippen LogP contribution in [0.5, 0.6) is 0 Å². The van der Waals surface area contributed by atoms with E-state index in [0.717, 1.165) is 24.4 Å². The van der Waals surface area contributed by atoms with Gasteiger partial charge in [0.1, 0.15) is 0 Å². The van der Waals surface area contributed by atoms with Crippen molar-refractivity contribution in [1.29, 1.82) is 0 Å². The van der Waals surface area contributed by atoms with Crippen LogP contribution in [0.3, 0.4) is 0 Å². The molecular weight excluding hydrogens is 282 g/mol. The Morgan fingerprint density at radius 2 is 1.43 bits per heavy atom.